The molecule has 1 unspecified atom stereocenters. The Bertz CT molecular complexity index is 182. The molecule has 0 aromatic rings. The summed E-state index contributed by atoms with van der Waals surface area (Å²) in [5.74, 6) is -2.70. The first-order valence-electron chi connectivity index (χ1n) is 4.21. The fraction of sp³-hybridized carbons (Fsp3) is 0.875. The average Bonchev–Trinajstić information content (AvgIpc) is 2.30. The van der Waals surface area contributed by atoms with Crippen LogP contribution < -0.4 is 5.32 Å². The lowest BCUT2D eigenvalue weighted by molar-refractivity contribution is -0.121. The number of alkyl halides is 2. The molecule has 0 heterocycles. The highest BCUT2D eigenvalue weighted by Crippen LogP contribution is 2.34. The topological polar surface area (TPSA) is 29.1 Å². The van der Waals surface area contributed by atoms with Crippen molar-refractivity contribution in [1.82, 2.24) is 5.32 Å². The smallest absolute Gasteiger partial charge is 0.250 e. The van der Waals surface area contributed by atoms with Crippen LogP contribution >= 0.6 is 0 Å². The summed E-state index contributed by atoms with van der Waals surface area (Å²) >= 11 is 0. The van der Waals surface area contributed by atoms with Gasteiger partial charge in [-0.05, 0) is 6.42 Å². The number of carbonyl (C=O) groups is 1. The van der Waals surface area contributed by atoms with E-state index in [-0.39, 0.29) is 24.8 Å². The molecule has 1 fully saturated rings. The van der Waals surface area contributed by atoms with Gasteiger partial charge in [-0.25, -0.2) is 8.78 Å². The molecule has 1 amide bonds. The molecule has 1 aliphatic carbocycles. The van der Waals surface area contributed by atoms with Crippen LogP contribution in [0.15, 0.2) is 0 Å². The van der Waals surface area contributed by atoms with Gasteiger partial charge in [-0.1, -0.05) is 6.92 Å². The Hall–Kier alpha value is -0.670. The highest BCUT2D eigenvalue weighted by atomic mass is 19.3. The Morgan fingerprint density at radius 3 is 2.75 bits per heavy atom. The molecule has 4 heteroatoms. The molecule has 0 aromatic carbocycles. The summed E-state index contributed by atoms with van der Waals surface area (Å²) in [6.45, 7) is 1.71. The van der Waals surface area contributed by atoms with Crippen LogP contribution in [0.2, 0.25) is 0 Å². The molecule has 0 spiro atoms. The zero-order valence-electron chi connectivity index (χ0n) is 7.07. The first-order chi connectivity index (χ1) is 5.53. The van der Waals surface area contributed by atoms with Gasteiger partial charge < -0.3 is 5.32 Å². The Morgan fingerprint density at radius 2 is 2.33 bits per heavy atom. The summed E-state index contributed by atoms with van der Waals surface area (Å²) in [5, 5.41) is 2.57. The number of rotatable bonds is 2. The SMILES string of the molecule is CCC(=O)NC1CCC(F)(F)C1. The highest BCUT2D eigenvalue weighted by molar-refractivity contribution is 5.75. The standard InChI is InChI=1S/C8H13F2NO/c1-2-7(12)11-6-3-4-8(9,10)5-6/h6H,2-5H2,1H3,(H,11,12). The van der Waals surface area contributed by atoms with Gasteiger partial charge in [0.2, 0.25) is 11.8 Å². The van der Waals surface area contributed by atoms with Crippen molar-refractivity contribution >= 4 is 5.91 Å². The van der Waals surface area contributed by atoms with E-state index >= 15 is 0 Å². The monoisotopic (exact) mass is 177 g/mol. The van der Waals surface area contributed by atoms with Crippen molar-refractivity contribution in [1.29, 1.82) is 0 Å². The second-order valence-corrected chi connectivity index (χ2v) is 3.22. The van der Waals surface area contributed by atoms with E-state index in [0.717, 1.165) is 0 Å². The van der Waals surface area contributed by atoms with Crippen LogP contribution in [-0.2, 0) is 4.79 Å². The summed E-state index contributed by atoms with van der Waals surface area (Å²) < 4.78 is 25.2. The van der Waals surface area contributed by atoms with Gasteiger partial charge in [0.05, 0.1) is 0 Å². The van der Waals surface area contributed by atoms with E-state index in [9.17, 15) is 13.6 Å². The average molecular weight is 177 g/mol. The number of nitrogens with one attached hydrogen (secondary N) is 1. The van der Waals surface area contributed by atoms with Crippen LogP contribution in [-0.4, -0.2) is 17.9 Å². The third-order valence-corrected chi connectivity index (χ3v) is 2.09. The van der Waals surface area contributed by atoms with Crippen molar-refractivity contribution in [2.24, 2.45) is 0 Å². The van der Waals surface area contributed by atoms with E-state index in [2.05, 4.69) is 5.32 Å². The van der Waals surface area contributed by atoms with Crippen LogP contribution in [0.3, 0.4) is 0 Å². The molecule has 0 aromatic heterocycles. The van der Waals surface area contributed by atoms with Crippen molar-refractivity contribution in [2.75, 3.05) is 0 Å². The van der Waals surface area contributed by atoms with Crippen LogP contribution in [0.25, 0.3) is 0 Å². The molecule has 70 valence electrons. The maximum absolute atomic E-state index is 12.6. The van der Waals surface area contributed by atoms with Crippen LogP contribution in [0.1, 0.15) is 32.6 Å². The molecule has 1 saturated carbocycles. The van der Waals surface area contributed by atoms with Crippen molar-refractivity contribution < 1.29 is 13.6 Å². The van der Waals surface area contributed by atoms with E-state index in [0.29, 0.717) is 12.8 Å². The summed E-state index contributed by atoms with van der Waals surface area (Å²) in [5.41, 5.74) is 0. The molecule has 1 rings (SSSR count). The summed E-state index contributed by atoms with van der Waals surface area (Å²) in [6, 6.07) is -0.313. The predicted octanol–water partition coefficient (Wildman–Crippen LogP) is 1.70. The largest absolute Gasteiger partial charge is 0.353 e. The fourth-order valence-electron chi connectivity index (χ4n) is 1.40. The third kappa shape index (κ3) is 2.43. The van der Waals surface area contributed by atoms with E-state index in [1.807, 2.05) is 0 Å². The summed E-state index contributed by atoms with van der Waals surface area (Å²) in [7, 11) is 0. The van der Waals surface area contributed by atoms with Crippen molar-refractivity contribution in [3.63, 3.8) is 0 Å². The molecular weight excluding hydrogens is 164 g/mol. The van der Waals surface area contributed by atoms with Gasteiger partial charge in [0.1, 0.15) is 0 Å². The Morgan fingerprint density at radius 1 is 1.67 bits per heavy atom. The van der Waals surface area contributed by atoms with Gasteiger partial charge in [0, 0.05) is 25.3 Å². The molecule has 2 nitrogen and oxygen atoms in total. The number of amides is 1. The molecule has 1 N–H and O–H groups in total. The minimum Gasteiger partial charge on any atom is -0.353 e. The Kier molecular flexibility index (Phi) is 2.65. The van der Waals surface area contributed by atoms with Crippen molar-refractivity contribution in [2.45, 2.75) is 44.6 Å². The molecule has 1 atom stereocenters. The first-order valence-corrected chi connectivity index (χ1v) is 4.21. The number of carbonyl (C=O) groups excluding carboxylic acids is 1. The van der Waals surface area contributed by atoms with E-state index in [1.54, 1.807) is 6.92 Å². The Labute approximate surface area is 70.3 Å². The first kappa shape index (κ1) is 9.42. The van der Waals surface area contributed by atoms with Gasteiger partial charge in [0.25, 0.3) is 0 Å². The molecular formula is C8H13F2NO. The van der Waals surface area contributed by atoms with Gasteiger partial charge in [-0.2, -0.15) is 0 Å². The summed E-state index contributed by atoms with van der Waals surface area (Å²) in [4.78, 5) is 10.8. The van der Waals surface area contributed by atoms with Gasteiger partial charge in [0.15, 0.2) is 0 Å². The van der Waals surface area contributed by atoms with E-state index < -0.39 is 5.92 Å². The lowest BCUT2D eigenvalue weighted by Crippen LogP contribution is -2.33. The molecule has 12 heavy (non-hydrogen) atoms. The molecule has 0 aliphatic heterocycles. The number of hydrogen-bond donors (Lipinski definition) is 1. The zero-order valence-corrected chi connectivity index (χ0v) is 7.07. The number of halogens is 2. The fourth-order valence-corrected chi connectivity index (χ4v) is 1.40. The Balaban J connectivity index is 2.33. The minimum atomic E-state index is -2.56. The maximum atomic E-state index is 12.6. The quantitative estimate of drug-likeness (QED) is 0.683. The van der Waals surface area contributed by atoms with Crippen LogP contribution in [0.4, 0.5) is 8.78 Å². The molecule has 0 bridgehead atoms. The predicted molar refractivity (Wildman–Crippen MR) is 41.0 cm³/mol. The second-order valence-electron chi connectivity index (χ2n) is 3.22. The summed E-state index contributed by atoms with van der Waals surface area (Å²) in [6.07, 6.45) is 0.473. The number of hydrogen-bond acceptors (Lipinski definition) is 1. The third-order valence-electron chi connectivity index (χ3n) is 2.09. The van der Waals surface area contributed by atoms with E-state index in [4.69, 9.17) is 0 Å². The van der Waals surface area contributed by atoms with Gasteiger partial charge in [-0.3, -0.25) is 4.79 Å². The minimum absolute atomic E-state index is 0.0956. The lowest BCUT2D eigenvalue weighted by Gasteiger charge is -2.11. The highest BCUT2D eigenvalue weighted by Gasteiger charge is 2.39. The van der Waals surface area contributed by atoms with Gasteiger partial charge >= 0.3 is 0 Å². The van der Waals surface area contributed by atoms with Crippen LogP contribution in [0.5, 0.6) is 0 Å². The van der Waals surface area contributed by atoms with Gasteiger partial charge in [-0.15, -0.1) is 0 Å². The second kappa shape index (κ2) is 3.37. The molecule has 1 aliphatic rings. The lowest BCUT2D eigenvalue weighted by atomic mass is 10.2. The zero-order chi connectivity index (χ0) is 9.19. The molecule has 0 saturated heterocycles. The van der Waals surface area contributed by atoms with Crippen molar-refractivity contribution in [3.8, 4) is 0 Å². The van der Waals surface area contributed by atoms with Crippen LogP contribution in [0, 0.1) is 0 Å². The molecule has 0 radical (unpaired) electrons. The maximum Gasteiger partial charge on any atom is 0.250 e. The normalized spacial score (nSPS) is 27.1. The van der Waals surface area contributed by atoms with E-state index in [1.165, 1.54) is 0 Å². The van der Waals surface area contributed by atoms with Crippen molar-refractivity contribution in [3.05, 3.63) is 0 Å².